The number of sulfonamides is 2. The third-order valence-electron chi connectivity index (χ3n) is 5.83. The van der Waals surface area contributed by atoms with Gasteiger partial charge in [0, 0.05) is 32.1 Å². The summed E-state index contributed by atoms with van der Waals surface area (Å²) in [6.07, 6.45) is 3.87. The first-order valence-corrected chi connectivity index (χ1v) is 15.2. The van der Waals surface area contributed by atoms with E-state index in [2.05, 4.69) is 5.32 Å². The predicted molar refractivity (Wildman–Crippen MR) is 135 cm³/mol. The van der Waals surface area contributed by atoms with Gasteiger partial charge in [0.15, 0.2) is 11.6 Å². The molecule has 1 aliphatic heterocycles. The molecule has 1 fully saturated rings. The molecule has 2 aromatic carbocycles. The summed E-state index contributed by atoms with van der Waals surface area (Å²) in [6, 6.07) is 8.93. The average Bonchev–Trinajstić information content (AvgIpc) is 2.86. The highest BCUT2D eigenvalue weighted by molar-refractivity contribution is 7.92. The summed E-state index contributed by atoms with van der Waals surface area (Å²) in [7, 11) is -7.28. The Morgan fingerprint density at radius 2 is 1.68 bits per heavy atom. The van der Waals surface area contributed by atoms with E-state index in [0.29, 0.717) is 18.8 Å². The number of nitrogens with one attached hydrogen (secondary N) is 1. The Kier molecular flexibility index (Phi) is 9.85. The molecule has 1 heterocycles. The number of carbonyl (C=O) groups excluding carboxylic acids is 1. The molecule has 3 rings (SSSR count). The van der Waals surface area contributed by atoms with Crippen LogP contribution < -0.4 is 14.4 Å². The Hall–Kier alpha value is -2.77. The van der Waals surface area contributed by atoms with Gasteiger partial charge in [-0.1, -0.05) is 6.42 Å². The molecule has 13 heteroatoms. The van der Waals surface area contributed by atoms with Crippen molar-refractivity contribution in [1.82, 2.24) is 9.62 Å². The zero-order valence-electron chi connectivity index (χ0n) is 20.5. The zero-order chi connectivity index (χ0) is 27.1. The second-order valence-electron chi connectivity index (χ2n) is 8.67. The van der Waals surface area contributed by atoms with E-state index in [4.69, 9.17) is 4.74 Å². The van der Waals surface area contributed by atoms with Crippen LogP contribution in [0.5, 0.6) is 5.75 Å². The van der Waals surface area contributed by atoms with Gasteiger partial charge in [0.05, 0.1) is 23.4 Å². The SMILES string of the molecule is CS(=O)(=O)N(CCCC(=O)NCCOc1ccc(S(=O)(=O)N2CCCCC2)cc1)c1ccc(F)c(F)c1. The fourth-order valence-electron chi connectivity index (χ4n) is 3.92. The van der Waals surface area contributed by atoms with Gasteiger partial charge in [-0.3, -0.25) is 9.10 Å². The van der Waals surface area contributed by atoms with Gasteiger partial charge in [-0.25, -0.2) is 25.6 Å². The van der Waals surface area contributed by atoms with Crippen molar-refractivity contribution >= 4 is 31.6 Å². The molecule has 1 saturated heterocycles. The fourth-order valence-corrected chi connectivity index (χ4v) is 6.39. The van der Waals surface area contributed by atoms with Crippen LogP contribution in [0, 0.1) is 11.6 Å². The summed E-state index contributed by atoms with van der Waals surface area (Å²) in [5.74, 6) is -2.12. The molecule has 1 amide bonds. The van der Waals surface area contributed by atoms with Crippen molar-refractivity contribution < 1.29 is 35.1 Å². The summed E-state index contributed by atoms with van der Waals surface area (Å²) >= 11 is 0. The topological polar surface area (TPSA) is 113 Å². The Labute approximate surface area is 216 Å². The first-order valence-electron chi connectivity index (χ1n) is 11.9. The van der Waals surface area contributed by atoms with Crippen molar-refractivity contribution in [2.45, 2.75) is 37.0 Å². The number of halogens is 2. The highest BCUT2D eigenvalue weighted by Crippen LogP contribution is 2.23. The van der Waals surface area contributed by atoms with Gasteiger partial charge in [-0.05, 0) is 55.7 Å². The van der Waals surface area contributed by atoms with Crippen LogP contribution in [0.15, 0.2) is 47.4 Å². The second-order valence-corrected chi connectivity index (χ2v) is 12.5. The number of piperidine rings is 1. The van der Waals surface area contributed by atoms with Crippen molar-refractivity contribution in [2.24, 2.45) is 0 Å². The van der Waals surface area contributed by atoms with Crippen molar-refractivity contribution in [3.05, 3.63) is 54.1 Å². The van der Waals surface area contributed by atoms with Gasteiger partial charge in [-0.15, -0.1) is 0 Å². The van der Waals surface area contributed by atoms with Crippen molar-refractivity contribution in [2.75, 3.05) is 43.3 Å². The second kappa shape index (κ2) is 12.7. The van der Waals surface area contributed by atoms with Crippen molar-refractivity contribution in [3.63, 3.8) is 0 Å². The van der Waals surface area contributed by atoms with Gasteiger partial charge >= 0.3 is 0 Å². The Bertz CT molecular complexity index is 1280. The minimum atomic E-state index is -3.76. The highest BCUT2D eigenvalue weighted by Gasteiger charge is 2.25. The number of amides is 1. The summed E-state index contributed by atoms with van der Waals surface area (Å²) in [4.78, 5) is 12.3. The van der Waals surface area contributed by atoms with Gasteiger partial charge < -0.3 is 10.1 Å². The predicted octanol–water partition coefficient (Wildman–Crippen LogP) is 2.88. The molecule has 0 unspecified atom stereocenters. The van der Waals surface area contributed by atoms with Gasteiger partial charge in [-0.2, -0.15) is 4.31 Å². The lowest BCUT2D eigenvalue weighted by Crippen LogP contribution is -2.35. The van der Waals surface area contributed by atoms with E-state index in [1.807, 2.05) is 0 Å². The quantitative estimate of drug-likeness (QED) is 0.400. The molecule has 0 atom stereocenters. The first-order chi connectivity index (χ1) is 17.5. The van der Waals surface area contributed by atoms with Crippen molar-refractivity contribution in [3.8, 4) is 5.75 Å². The van der Waals surface area contributed by atoms with E-state index in [1.54, 1.807) is 12.1 Å². The molecule has 0 spiro atoms. The van der Waals surface area contributed by atoms with Crippen LogP contribution in [0.25, 0.3) is 0 Å². The molecule has 0 radical (unpaired) electrons. The van der Waals surface area contributed by atoms with E-state index in [1.165, 1.54) is 16.4 Å². The lowest BCUT2D eigenvalue weighted by Gasteiger charge is -2.25. The highest BCUT2D eigenvalue weighted by atomic mass is 32.2. The zero-order valence-corrected chi connectivity index (χ0v) is 22.2. The molecule has 0 aliphatic carbocycles. The number of hydrogen-bond donors (Lipinski definition) is 1. The largest absolute Gasteiger partial charge is 0.492 e. The first kappa shape index (κ1) is 28.8. The molecule has 9 nitrogen and oxygen atoms in total. The summed E-state index contributed by atoms with van der Waals surface area (Å²) in [5.41, 5.74) is -0.0232. The lowest BCUT2D eigenvalue weighted by molar-refractivity contribution is -0.121. The van der Waals surface area contributed by atoms with Gasteiger partial charge in [0.25, 0.3) is 0 Å². The third kappa shape index (κ3) is 8.11. The number of rotatable bonds is 12. The Balaban J connectivity index is 1.41. The average molecular weight is 560 g/mol. The molecule has 1 aliphatic rings. The number of nitrogens with zero attached hydrogens (tertiary/aromatic N) is 2. The standard InChI is InChI=1S/C24H31F2N3O6S2/c1-36(31,32)29(19-7-12-22(25)23(26)18-19)16-5-6-24(30)27-13-17-35-20-8-10-21(11-9-20)37(33,34)28-14-3-2-4-15-28/h7-12,18H,2-6,13-17H2,1H3,(H,27,30). The number of carbonyl (C=O) groups is 1. The maximum atomic E-state index is 13.5. The van der Waals surface area contributed by atoms with Crippen LogP contribution >= 0.6 is 0 Å². The lowest BCUT2D eigenvalue weighted by atomic mass is 10.2. The molecule has 0 bridgehead atoms. The summed E-state index contributed by atoms with van der Waals surface area (Å²) in [6.45, 7) is 1.30. The van der Waals surface area contributed by atoms with E-state index in [-0.39, 0.29) is 49.0 Å². The van der Waals surface area contributed by atoms with Crippen LogP contribution in [0.1, 0.15) is 32.1 Å². The summed E-state index contributed by atoms with van der Waals surface area (Å²) in [5, 5.41) is 2.66. The molecule has 1 N–H and O–H groups in total. The minimum Gasteiger partial charge on any atom is -0.492 e. The maximum absolute atomic E-state index is 13.5. The van der Waals surface area contributed by atoms with Crippen LogP contribution in [0.3, 0.4) is 0 Å². The van der Waals surface area contributed by atoms with E-state index in [9.17, 15) is 30.4 Å². The number of hydrogen-bond acceptors (Lipinski definition) is 6. The number of anilines is 1. The van der Waals surface area contributed by atoms with Crippen LogP contribution in [0.4, 0.5) is 14.5 Å². The number of benzene rings is 2. The Morgan fingerprint density at radius 3 is 2.30 bits per heavy atom. The van der Waals surface area contributed by atoms with Gasteiger partial charge in [0.1, 0.15) is 12.4 Å². The molecule has 204 valence electrons. The molecule has 2 aromatic rings. The molecular formula is C24H31F2N3O6S2. The fraction of sp³-hybridized carbons (Fsp3) is 0.458. The maximum Gasteiger partial charge on any atom is 0.243 e. The molecule has 37 heavy (non-hydrogen) atoms. The normalized spacial score (nSPS) is 14.8. The van der Waals surface area contributed by atoms with Crippen LogP contribution in [-0.2, 0) is 24.8 Å². The van der Waals surface area contributed by atoms with E-state index < -0.39 is 31.7 Å². The third-order valence-corrected chi connectivity index (χ3v) is 8.93. The number of ether oxygens (including phenoxy) is 1. The molecule has 0 aromatic heterocycles. The smallest absolute Gasteiger partial charge is 0.243 e. The minimum absolute atomic E-state index is 0.0127. The monoisotopic (exact) mass is 559 g/mol. The summed E-state index contributed by atoms with van der Waals surface area (Å²) < 4.78 is 84.2. The molecular weight excluding hydrogens is 528 g/mol. The van der Waals surface area contributed by atoms with Crippen LogP contribution in [-0.4, -0.2) is 66.1 Å². The van der Waals surface area contributed by atoms with E-state index >= 15 is 0 Å². The van der Waals surface area contributed by atoms with E-state index in [0.717, 1.165) is 48.0 Å². The molecule has 0 saturated carbocycles. The van der Waals surface area contributed by atoms with Crippen molar-refractivity contribution in [1.29, 1.82) is 0 Å². The Morgan fingerprint density at radius 1 is 1.00 bits per heavy atom. The van der Waals surface area contributed by atoms with Gasteiger partial charge in [0.2, 0.25) is 26.0 Å². The van der Waals surface area contributed by atoms with Crippen LogP contribution in [0.2, 0.25) is 0 Å².